The van der Waals surface area contributed by atoms with Crippen LogP contribution in [0.4, 0.5) is 5.69 Å². The van der Waals surface area contributed by atoms with Gasteiger partial charge in [-0.25, -0.2) is 0 Å². The summed E-state index contributed by atoms with van der Waals surface area (Å²) in [5, 5.41) is 22.3. The second-order valence-corrected chi connectivity index (χ2v) is 10.8. The Bertz CT molecular complexity index is 728. The van der Waals surface area contributed by atoms with Crippen LogP contribution in [0.2, 0.25) is 13.1 Å². The molecular weight excluding hydrogens is 322 g/mol. The summed E-state index contributed by atoms with van der Waals surface area (Å²) in [5.74, 6) is -0.576. The van der Waals surface area contributed by atoms with Crippen LogP contribution in [0, 0.1) is 16.0 Å². The van der Waals surface area contributed by atoms with Crippen molar-refractivity contribution >= 4 is 24.4 Å². The van der Waals surface area contributed by atoms with E-state index in [4.69, 9.17) is 0 Å². The van der Waals surface area contributed by atoms with Gasteiger partial charge in [0.2, 0.25) is 0 Å². The molecule has 0 bridgehead atoms. The number of nitro benzene ring substituents is 1. The van der Waals surface area contributed by atoms with Crippen molar-refractivity contribution in [3.05, 3.63) is 70.3 Å². The number of aliphatic hydroxyl groups excluding tert-OH is 1. The summed E-state index contributed by atoms with van der Waals surface area (Å²) in [6.45, 7) is 5.67. The van der Waals surface area contributed by atoms with E-state index in [-0.39, 0.29) is 11.1 Å². The van der Waals surface area contributed by atoms with Gasteiger partial charge in [0.05, 0.1) is 11.0 Å². The fraction of sp³-hybridized carbons (Fsp3) is 0.278. The quantitative estimate of drug-likeness (QED) is 0.497. The first-order valence-electron chi connectivity index (χ1n) is 7.77. The van der Waals surface area contributed by atoms with Gasteiger partial charge in [-0.1, -0.05) is 55.5 Å². The minimum absolute atomic E-state index is 0.0380. The van der Waals surface area contributed by atoms with E-state index in [0.717, 1.165) is 5.19 Å². The molecule has 2 aromatic carbocycles. The molecule has 0 spiro atoms. The monoisotopic (exact) mass is 343 g/mol. The number of non-ortho nitro benzene ring substituents is 1. The Balaban J connectivity index is 2.22. The van der Waals surface area contributed by atoms with E-state index in [1.54, 1.807) is 6.92 Å². The van der Waals surface area contributed by atoms with E-state index in [0.29, 0.717) is 5.56 Å². The Morgan fingerprint density at radius 1 is 1.08 bits per heavy atom. The highest BCUT2D eigenvalue weighted by Gasteiger charge is 2.38. The molecule has 2 atom stereocenters. The predicted octanol–water partition coefficient (Wildman–Crippen LogP) is 2.99. The maximum absolute atomic E-state index is 12.9. The van der Waals surface area contributed by atoms with E-state index in [2.05, 4.69) is 0 Å². The lowest BCUT2D eigenvalue weighted by molar-refractivity contribution is -0.384. The molecule has 0 aliphatic rings. The molecule has 0 aliphatic carbocycles. The SMILES string of the molecule is C[C@@H](C(=O)[Si](C)(C)c1ccccc1)[C@@H](O)c1ccc([N+](=O)[O-])cc1. The summed E-state index contributed by atoms with van der Waals surface area (Å²) in [6, 6.07) is 15.3. The van der Waals surface area contributed by atoms with Crippen LogP contribution in [0.25, 0.3) is 0 Å². The molecule has 0 amide bonds. The van der Waals surface area contributed by atoms with Crippen molar-refractivity contribution in [3.63, 3.8) is 0 Å². The van der Waals surface area contributed by atoms with Gasteiger partial charge < -0.3 is 9.90 Å². The molecule has 6 heteroatoms. The Kier molecular flexibility index (Phi) is 5.31. The van der Waals surface area contributed by atoms with Crippen molar-refractivity contribution in [2.45, 2.75) is 26.1 Å². The topological polar surface area (TPSA) is 80.4 Å². The maximum Gasteiger partial charge on any atom is 0.269 e. The lowest BCUT2D eigenvalue weighted by Gasteiger charge is -2.28. The van der Waals surface area contributed by atoms with Crippen molar-refractivity contribution in [2.24, 2.45) is 5.92 Å². The van der Waals surface area contributed by atoms with Gasteiger partial charge in [0.1, 0.15) is 5.41 Å². The molecule has 0 saturated carbocycles. The van der Waals surface area contributed by atoms with Crippen LogP contribution in [0.5, 0.6) is 0 Å². The van der Waals surface area contributed by atoms with Gasteiger partial charge >= 0.3 is 0 Å². The number of aliphatic hydroxyl groups is 1. The van der Waals surface area contributed by atoms with Crippen LogP contribution in [-0.2, 0) is 4.79 Å². The zero-order valence-corrected chi connectivity index (χ0v) is 15.0. The van der Waals surface area contributed by atoms with Crippen LogP contribution in [0.1, 0.15) is 18.6 Å². The lowest BCUT2D eigenvalue weighted by atomic mass is 9.98. The van der Waals surface area contributed by atoms with E-state index in [1.165, 1.54) is 24.3 Å². The molecule has 1 N–H and O–H groups in total. The third-order valence-electron chi connectivity index (χ3n) is 4.44. The average molecular weight is 343 g/mol. The Morgan fingerprint density at radius 2 is 1.62 bits per heavy atom. The van der Waals surface area contributed by atoms with Gasteiger partial charge in [0.15, 0.2) is 8.07 Å². The number of carbonyl (C=O) groups is 1. The highest BCUT2D eigenvalue weighted by Crippen LogP contribution is 2.27. The van der Waals surface area contributed by atoms with Crippen LogP contribution in [0.3, 0.4) is 0 Å². The first-order valence-corrected chi connectivity index (χ1v) is 10.8. The molecule has 0 fully saturated rings. The fourth-order valence-electron chi connectivity index (χ4n) is 2.79. The molecule has 5 nitrogen and oxygen atoms in total. The minimum atomic E-state index is -2.38. The number of nitrogens with zero attached hydrogens (tertiary/aromatic N) is 1. The third-order valence-corrected chi connectivity index (χ3v) is 7.91. The number of nitro groups is 1. The van der Waals surface area contributed by atoms with Crippen molar-refractivity contribution in [1.82, 2.24) is 0 Å². The summed E-state index contributed by atoms with van der Waals surface area (Å²) in [4.78, 5) is 23.2. The standard InChI is InChI=1S/C18H21NO4Si/c1-13(17(20)14-9-11-15(12-10-14)19(22)23)18(21)24(2,3)16-7-5-4-6-8-16/h4-13,17,20H,1-3H3/t13-,17-/m1/s1. The minimum Gasteiger partial charge on any atom is -0.388 e. The molecule has 2 rings (SSSR count). The molecule has 0 saturated heterocycles. The van der Waals surface area contributed by atoms with E-state index in [1.807, 2.05) is 43.4 Å². The van der Waals surface area contributed by atoms with E-state index >= 15 is 0 Å². The number of hydrogen-bond acceptors (Lipinski definition) is 4. The summed E-state index contributed by atoms with van der Waals surface area (Å²) in [5.41, 5.74) is 0.475. The molecule has 0 radical (unpaired) electrons. The lowest BCUT2D eigenvalue weighted by Crippen LogP contribution is -2.53. The predicted molar refractivity (Wildman–Crippen MR) is 95.8 cm³/mol. The van der Waals surface area contributed by atoms with Crippen molar-refractivity contribution in [3.8, 4) is 0 Å². The molecule has 0 aromatic heterocycles. The van der Waals surface area contributed by atoms with Gasteiger partial charge in [0.25, 0.3) is 5.69 Å². The van der Waals surface area contributed by atoms with Crippen molar-refractivity contribution < 1.29 is 14.8 Å². The van der Waals surface area contributed by atoms with Gasteiger partial charge in [-0.3, -0.25) is 10.1 Å². The van der Waals surface area contributed by atoms with E-state index in [9.17, 15) is 20.0 Å². The van der Waals surface area contributed by atoms with Crippen molar-refractivity contribution in [2.75, 3.05) is 0 Å². The Hall–Kier alpha value is -2.31. The van der Waals surface area contributed by atoms with Gasteiger partial charge in [-0.05, 0) is 17.7 Å². The molecule has 0 aliphatic heterocycles. The maximum atomic E-state index is 12.9. The van der Waals surface area contributed by atoms with Crippen LogP contribution in [0.15, 0.2) is 54.6 Å². The highest BCUT2D eigenvalue weighted by molar-refractivity contribution is 7.13. The largest absolute Gasteiger partial charge is 0.388 e. The molecule has 0 heterocycles. The van der Waals surface area contributed by atoms with Gasteiger partial charge in [0, 0.05) is 18.1 Å². The normalized spacial score (nSPS) is 14.0. The zero-order chi connectivity index (χ0) is 17.9. The van der Waals surface area contributed by atoms with Crippen LogP contribution >= 0.6 is 0 Å². The fourth-order valence-corrected chi connectivity index (χ4v) is 5.40. The van der Waals surface area contributed by atoms with Crippen LogP contribution in [-0.4, -0.2) is 23.5 Å². The average Bonchev–Trinajstić information content (AvgIpc) is 2.60. The summed E-state index contributed by atoms with van der Waals surface area (Å²) < 4.78 is 0. The van der Waals surface area contributed by atoms with Crippen molar-refractivity contribution in [1.29, 1.82) is 0 Å². The molecule has 24 heavy (non-hydrogen) atoms. The van der Waals surface area contributed by atoms with E-state index < -0.39 is 25.0 Å². The first kappa shape index (κ1) is 18.0. The van der Waals surface area contributed by atoms with Gasteiger partial charge in [-0.2, -0.15) is 0 Å². The number of carbonyl (C=O) groups excluding carboxylic acids is 1. The number of hydrogen-bond donors (Lipinski definition) is 1. The first-order chi connectivity index (χ1) is 11.2. The molecular formula is C18H21NO4Si. The summed E-state index contributed by atoms with van der Waals surface area (Å²) in [6.07, 6.45) is -0.978. The smallest absolute Gasteiger partial charge is 0.269 e. The number of rotatable bonds is 6. The highest BCUT2D eigenvalue weighted by atomic mass is 28.3. The Morgan fingerprint density at radius 3 is 2.12 bits per heavy atom. The zero-order valence-electron chi connectivity index (χ0n) is 14.0. The third kappa shape index (κ3) is 3.60. The Labute approximate surface area is 142 Å². The molecule has 126 valence electrons. The van der Waals surface area contributed by atoms with Crippen LogP contribution < -0.4 is 5.19 Å². The summed E-state index contributed by atoms with van der Waals surface area (Å²) >= 11 is 0. The molecule has 0 unspecified atom stereocenters. The second-order valence-electron chi connectivity index (χ2n) is 6.44. The number of benzene rings is 2. The van der Waals surface area contributed by atoms with Gasteiger partial charge in [-0.15, -0.1) is 0 Å². The molecule has 2 aromatic rings. The summed E-state index contributed by atoms with van der Waals surface area (Å²) in [7, 11) is -2.38. The second kappa shape index (κ2) is 7.07.